The van der Waals surface area contributed by atoms with Gasteiger partial charge in [-0.1, -0.05) is 12.1 Å². The molecule has 2 heterocycles. The van der Waals surface area contributed by atoms with Crippen molar-refractivity contribution in [2.75, 3.05) is 13.1 Å². The minimum atomic E-state index is -4.51. The predicted molar refractivity (Wildman–Crippen MR) is 122 cm³/mol. The normalized spacial score (nSPS) is 25.0. The first-order valence-electron chi connectivity index (χ1n) is 12.1. The number of hydrogen-bond donors (Lipinski definition) is 1. The average molecular weight is 490 g/mol. The van der Waals surface area contributed by atoms with Crippen molar-refractivity contribution >= 4 is 11.7 Å². The van der Waals surface area contributed by atoms with E-state index in [0.717, 1.165) is 37.8 Å². The molecule has 1 amide bonds. The zero-order valence-electron chi connectivity index (χ0n) is 19.5. The molecular weight excluding hydrogens is 459 g/mol. The molecule has 0 radical (unpaired) electrons. The van der Waals surface area contributed by atoms with E-state index in [1.807, 2.05) is 0 Å². The van der Waals surface area contributed by atoms with Crippen LogP contribution in [0.5, 0.6) is 0 Å². The maximum Gasteiger partial charge on any atom is 0.416 e. The number of nitrogens with zero attached hydrogens (tertiary/aromatic N) is 3. The fourth-order valence-electron chi connectivity index (χ4n) is 5.27. The summed E-state index contributed by atoms with van der Waals surface area (Å²) in [7, 11) is 0. The van der Waals surface area contributed by atoms with E-state index in [-0.39, 0.29) is 24.3 Å². The molecule has 1 aliphatic carbocycles. The number of likely N-dealkylation sites (tertiary alicyclic amines) is 1. The number of alkyl halides is 3. The van der Waals surface area contributed by atoms with Crippen molar-refractivity contribution in [1.82, 2.24) is 14.9 Å². The van der Waals surface area contributed by atoms with Crippen LogP contribution in [0.15, 0.2) is 42.7 Å². The zero-order chi connectivity index (χ0) is 25.1. The summed E-state index contributed by atoms with van der Waals surface area (Å²) in [6.07, 6.45) is 3.54. The molecule has 1 N–H and O–H groups in total. The number of ketones is 1. The lowest BCUT2D eigenvalue weighted by Crippen LogP contribution is -2.34. The first-order valence-corrected chi connectivity index (χ1v) is 12.1. The Kier molecular flexibility index (Phi) is 7.54. The van der Waals surface area contributed by atoms with E-state index in [9.17, 15) is 27.9 Å². The highest BCUT2D eigenvalue weighted by atomic mass is 19.4. The zero-order valence-corrected chi connectivity index (χ0v) is 19.5. The second-order valence-electron chi connectivity index (χ2n) is 9.78. The first-order chi connectivity index (χ1) is 16.6. The Balaban J connectivity index is 1.21. The summed E-state index contributed by atoms with van der Waals surface area (Å²) < 4.78 is 38.6. The van der Waals surface area contributed by atoms with Crippen molar-refractivity contribution < 1.29 is 27.9 Å². The number of rotatable bonds is 7. The number of halogens is 3. The summed E-state index contributed by atoms with van der Waals surface area (Å²) in [6, 6.07) is 6.06. The van der Waals surface area contributed by atoms with E-state index in [1.165, 1.54) is 12.1 Å². The molecule has 9 heteroatoms. The standard InChI is InChI=1S/C26H30F3N3O3/c27-26(28,29)21-4-1-3-20(16-21)22(33)5-6-23(34)32-14-9-19(17-32)15-18-7-10-25(35,11-8-18)24-30-12-2-13-31-24/h1-4,12-13,16,18-19,35H,5-11,14-15,17H2/t18?,19-,25?/m1/s1. The van der Waals surface area contributed by atoms with E-state index in [0.29, 0.717) is 43.6 Å². The molecule has 6 nitrogen and oxygen atoms in total. The van der Waals surface area contributed by atoms with E-state index in [2.05, 4.69) is 9.97 Å². The Morgan fingerprint density at radius 1 is 1.03 bits per heavy atom. The van der Waals surface area contributed by atoms with Gasteiger partial charge in [-0.05, 0) is 68.6 Å². The van der Waals surface area contributed by atoms with Crippen molar-refractivity contribution in [1.29, 1.82) is 0 Å². The van der Waals surface area contributed by atoms with Gasteiger partial charge in [0.25, 0.3) is 0 Å². The van der Waals surface area contributed by atoms with Crippen molar-refractivity contribution in [3.8, 4) is 0 Å². The van der Waals surface area contributed by atoms with Crippen LogP contribution in [0.25, 0.3) is 0 Å². The van der Waals surface area contributed by atoms with Crippen LogP contribution >= 0.6 is 0 Å². The number of benzene rings is 1. The monoisotopic (exact) mass is 489 g/mol. The molecule has 1 saturated heterocycles. The summed E-state index contributed by atoms with van der Waals surface area (Å²) in [6.45, 7) is 1.27. The molecule has 4 rings (SSSR count). The number of Topliss-reactive ketones (excluding diaryl/α,β-unsaturated/α-hetero) is 1. The van der Waals surface area contributed by atoms with Gasteiger partial charge in [0, 0.05) is 43.9 Å². The van der Waals surface area contributed by atoms with Gasteiger partial charge in [0.1, 0.15) is 5.60 Å². The van der Waals surface area contributed by atoms with Gasteiger partial charge in [-0.3, -0.25) is 9.59 Å². The van der Waals surface area contributed by atoms with Gasteiger partial charge < -0.3 is 10.0 Å². The van der Waals surface area contributed by atoms with Crippen LogP contribution in [-0.4, -0.2) is 44.8 Å². The summed E-state index contributed by atoms with van der Waals surface area (Å²) >= 11 is 0. The van der Waals surface area contributed by atoms with Crippen LogP contribution in [0.4, 0.5) is 13.2 Å². The summed E-state index contributed by atoms with van der Waals surface area (Å²) in [5.74, 6) is 0.740. The Hall–Kier alpha value is -2.81. The number of carbonyl (C=O) groups is 2. The average Bonchev–Trinajstić information content (AvgIpc) is 3.32. The molecule has 1 aliphatic heterocycles. The van der Waals surface area contributed by atoms with Crippen LogP contribution in [0.1, 0.15) is 73.1 Å². The third-order valence-electron chi connectivity index (χ3n) is 7.30. The lowest BCUT2D eigenvalue weighted by molar-refractivity contribution is -0.137. The summed E-state index contributed by atoms with van der Waals surface area (Å²) in [4.78, 5) is 35.2. The molecule has 2 aromatic rings. The van der Waals surface area contributed by atoms with Gasteiger partial charge in [-0.2, -0.15) is 13.2 Å². The molecule has 1 aromatic heterocycles. The molecule has 35 heavy (non-hydrogen) atoms. The number of amides is 1. The van der Waals surface area contributed by atoms with Crippen LogP contribution < -0.4 is 0 Å². The maximum atomic E-state index is 12.9. The molecule has 0 spiro atoms. The lowest BCUT2D eigenvalue weighted by Gasteiger charge is -2.35. The van der Waals surface area contributed by atoms with E-state index in [1.54, 1.807) is 23.4 Å². The highest BCUT2D eigenvalue weighted by molar-refractivity contribution is 5.98. The second kappa shape index (κ2) is 10.4. The number of hydrogen-bond acceptors (Lipinski definition) is 5. The number of carbonyl (C=O) groups excluding carboxylic acids is 2. The van der Waals surface area contributed by atoms with Crippen LogP contribution in [-0.2, 0) is 16.6 Å². The van der Waals surface area contributed by atoms with Crippen LogP contribution in [0.2, 0.25) is 0 Å². The maximum absolute atomic E-state index is 12.9. The molecule has 0 bridgehead atoms. The minimum absolute atomic E-state index is 0.00463. The third-order valence-corrected chi connectivity index (χ3v) is 7.30. The molecule has 2 fully saturated rings. The largest absolute Gasteiger partial charge is 0.416 e. The molecule has 1 atom stereocenters. The lowest BCUT2D eigenvalue weighted by atomic mass is 9.75. The SMILES string of the molecule is O=C(CCC(=O)N1CC[C@H](CC2CCC(O)(c3ncccn3)CC2)C1)c1cccc(C(F)(F)F)c1. The van der Waals surface area contributed by atoms with Crippen LogP contribution in [0.3, 0.4) is 0 Å². The van der Waals surface area contributed by atoms with Crippen LogP contribution in [0, 0.1) is 11.8 Å². The van der Waals surface area contributed by atoms with Crippen molar-refractivity contribution in [2.24, 2.45) is 11.8 Å². The highest BCUT2D eigenvalue weighted by Gasteiger charge is 2.38. The van der Waals surface area contributed by atoms with Crippen molar-refractivity contribution in [3.63, 3.8) is 0 Å². The van der Waals surface area contributed by atoms with Gasteiger partial charge in [0.05, 0.1) is 5.56 Å². The van der Waals surface area contributed by atoms with Gasteiger partial charge >= 0.3 is 6.18 Å². The molecule has 188 valence electrons. The fraction of sp³-hybridized carbons (Fsp3) is 0.538. The molecule has 0 unspecified atom stereocenters. The predicted octanol–water partition coefficient (Wildman–Crippen LogP) is 4.77. The fourth-order valence-corrected chi connectivity index (χ4v) is 5.27. The Morgan fingerprint density at radius 2 is 1.74 bits per heavy atom. The third kappa shape index (κ3) is 6.25. The van der Waals surface area contributed by atoms with Crippen molar-refractivity contribution in [3.05, 3.63) is 59.7 Å². The minimum Gasteiger partial charge on any atom is -0.382 e. The van der Waals surface area contributed by atoms with E-state index < -0.39 is 23.1 Å². The van der Waals surface area contributed by atoms with Gasteiger partial charge in [-0.15, -0.1) is 0 Å². The topological polar surface area (TPSA) is 83.4 Å². The summed E-state index contributed by atoms with van der Waals surface area (Å²) in [5.41, 5.74) is -1.86. The first kappa shape index (κ1) is 25.3. The molecule has 2 aliphatic rings. The van der Waals surface area contributed by atoms with E-state index >= 15 is 0 Å². The Labute approximate surface area is 202 Å². The molecule has 1 saturated carbocycles. The van der Waals surface area contributed by atoms with Gasteiger partial charge in [0.2, 0.25) is 5.91 Å². The molecular formula is C26H30F3N3O3. The second-order valence-corrected chi connectivity index (χ2v) is 9.78. The Bertz CT molecular complexity index is 1040. The smallest absolute Gasteiger partial charge is 0.382 e. The number of aromatic nitrogens is 2. The number of aliphatic hydroxyl groups is 1. The quantitative estimate of drug-likeness (QED) is 0.567. The van der Waals surface area contributed by atoms with Gasteiger partial charge in [0.15, 0.2) is 11.6 Å². The highest BCUT2D eigenvalue weighted by Crippen LogP contribution is 2.41. The molecule has 1 aromatic carbocycles. The van der Waals surface area contributed by atoms with Crippen molar-refractivity contribution in [2.45, 2.75) is 63.1 Å². The van der Waals surface area contributed by atoms with E-state index in [4.69, 9.17) is 0 Å². The Morgan fingerprint density at radius 3 is 2.43 bits per heavy atom. The van der Waals surface area contributed by atoms with Gasteiger partial charge in [-0.25, -0.2) is 9.97 Å². The summed E-state index contributed by atoms with van der Waals surface area (Å²) in [5, 5.41) is 10.9.